The summed E-state index contributed by atoms with van der Waals surface area (Å²) in [4.78, 5) is 46.4. The van der Waals surface area contributed by atoms with Crippen LogP contribution in [0.5, 0.6) is 0 Å². The molecule has 6 aromatic carbocycles. The van der Waals surface area contributed by atoms with Crippen LogP contribution in [-0.2, 0) is 71.0 Å². The smallest absolute Gasteiger partial charge is 0.326 e. The molecule has 14 nitrogen and oxygen atoms in total. The van der Waals surface area contributed by atoms with Crippen LogP contribution >= 0.6 is 15.9 Å². The summed E-state index contributed by atoms with van der Waals surface area (Å²) in [6.07, 6.45) is 1.48. The molecule has 0 radical (unpaired) electrons. The van der Waals surface area contributed by atoms with Crippen LogP contribution in [-0.4, -0.2) is 79.0 Å². The van der Waals surface area contributed by atoms with Gasteiger partial charge in [-0.05, 0) is 113 Å². The first-order valence-electron chi connectivity index (χ1n) is 22.4. The van der Waals surface area contributed by atoms with Crippen molar-refractivity contribution in [3.63, 3.8) is 0 Å². The van der Waals surface area contributed by atoms with Crippen LogP contribution in [0.3, 0.4) is 0 Å². The Kier molecular flexibility index (Phi) is 21.7. The number of aryl methyl sites for hydroxylation is 4. The molecule has 69 heavy (non-hydrogen) atoms. The first-order valence-corrected chi connectivity index (χ1v) is 26.4. The number of nitrogens with one attached hydrogen (secondary N) is 1. The molecular weight excluding hydrogens is 989 g/mol. The minimum Gasteiger partial charge on any atom is -0.466 e. The molecule has 0 aliphatic heterocycles. The largest absolute Gasteiger partial charge is 0.466 e. The van der Waals surface area contributed by atoms with Gasteiger partial charge in [-0.25, -0.2) is 16.8 Å². The molecule has 0 amide bonds. The predicted octanol–water partition coefficient (Wildman–Crippen LogP) is 9.79. The van der Waals surface area contributed by atoms with Crippen LogP contribution in [0.25, 0.3) is 21.5 Å². The second kappa shape index (κ2) is 27.0. The zero-order valence-corrected chi connectivity index (χ0v) is 42.9. The van der Waals surface area contributed by atoms with Crippen molar-refractivity contribution in [2.45, 2.75) is 77.0 Å². The maximum absolute atomic E-state index is 13.7. The first-order chi connectivity index (χ1) is 33.0. The third kappa shape index (κ3) is 16.1. The minimum atomic E-state index is -4.06. The number of benzene rings is 6. The van der Waals surface area contributed by atoms with E-state index in [0.29, 0.717) is 54.8 Å². The first kappa shape index (κ1) is 55.3. The highest BCUT2D eigenvalue weighted by atomic mass is 79.9. The lowest BCUT2D eigenvalue weighted by molar-refractivity contribution is -0.144. The molecule has 0 spiro atoms. The van der Waals surface area contributed by atoms with E-state index in [4.69, 9.17) is 14.2 Å². The normalized spacial score (nSPS) is 11.0. The molecule has 0 aliphatic carbocycles. The van der Waals surface area contributed by atoms with E-state index >= 15 is 0 Å². The molecule has 0 saturated carbocycles. The Morgan fingerprint density at radius 1 is 0.507 bits per heavy atom. The van der Waals surface area contributed by atoms with Crippen LogP contribution in [0.15, 0.2) is 131 Å². The van der Waals surface area contributed by atoms with Crippen LogP contribution in [0.2, 0.25) is 0 Å². The summed E-state index contributed by atoms with van der Waals surface area (Å²) in [6, 6.07) is 35.2. The Morgan fingerprint density at radius 2 is 0.928 bits per heavy atom. The molecule has 0 saturated heterocycles. The number of ether oxygens (including phenoxy) is 4. The molecule has 1 N–H and O–H groups in total. The Hall–Kier alpha value is -6.30. The number of hydrogen-bond donors (Lipinski definition) is 1. The van der Waals surface area contributed by atoms with Gasteiger partial charge >= 0.3 is 23.9 Å². The molecule has 6 rings (SSSR count). The zero-order valence-electron chi connectivity index (χ0n) is 39.7. The topological polar surface area (TPSA) is 189 Å². The molecule has 0 atom stereocenters. The van der Waals surface area contributed by atoms with Crippen molar-refractivity contribution in [2.75, 3.05) is 47.3 Å². The van der Waals surface area contributed by atoms with Gasteiger partial charge in [-0.2, -0.15) is 0 Å². The average molecular weight is 1050 g/mol. The summed E-state index contributed by atoms with van der Waals surface area (Å²) in [5.41, 5.74) is 4.65. The number of esters is 4. The maximum atomic E-state index is 13.7. The summed E-state index contributed by atoms with van der Waals surface area (Å²) < 4.78 is 76.2. The zero-order chi connectivity index (χ0) is 50.6. The van der Waals surface area contributed by atoms with Gasteiger partial charge in [0.05, 0.1) is 47.6 Å². The van der Waals surface area contributed by atoms with E-state index in [-0.39, 0.29) is 47.1 Å². The van der Waals surface area contributed by atoms with Crippen LogP contribution in [0, 0.1) is 13.8 Å². The highest BCUT2D eigenvalue weighted by Crippen LogP contribution is 2.34. The maximum Gasteiger partial charge on any atom is 0.326 e. The van der Waals surface area contributed by atoms with Crippen molar-refractivity contribution in [1.29, 1.82) is 0 Å². The van der Waals surface area contributed by atoms with Crippen LogP contribution < -0.4 is 9.03 Å². The number of carbonyl (C=O) groups is 4. The molecule has 0 aromatic heterocycles. The molecule has 6 aromatic rings. The molecule has 0 heterocycles. The van der Waals surface area contributed by atoms with Crippen LogP contribution in [0.4, 0.5) is 11.4 Å². The van der Waals surface area contributed by atoms with E-state index < -0.39 is 32.6 Å². The Labute approximate surface area is 413 Å². The molecule has 0 unspecified atom stereocenters. The molecule has 0 aliphatic rings. The van der Waals surface area contributed by atoms with Gasteiger partial charge in [0.25, 0.3) is 20.0 Å². The standard InChI is InChI=1S/C26H29NO6S.C22H23NO4S.C4H7BrO2/c1-4-32-25(28)17-13-20-12-16-24(23-9-7-6-8-22(20)23)27(18-26(29)33-5-2)34(30,31)21-14-10-19(3)11-15-21;1-3-27-22(24)15-11-17-10-14-21(20-7-5-4-6-19(17)20)23-28(25,26)18-12-8-16(2)9-13-18;1-2-7-4(6)3-5/h6-12,14-16H,4-5,13,17-18H2,1-3H3;4-10,12-14,23H,3,11,15H2,1-2H3;2-3H2,1H3. The fourth-order valence-electron chi connectivity index (χ4n) is 6.97. The Bertz CT molecular complexity index is 2910. The summed E-state index contributed by atoms with van der Waals surface area (Å²) in [5, 5.41) is 3.46. The van der Waals surface area contributed by atoms with E-state index in [1.54, 1.807) is 88.4 Å². The molecule has 368 valence electrons. The predicted molar refractivity (Wildman–Crippen MR) is 273 cm³/mol. The number of sulfonamides is 2. The lowest BCUT2D eigenvalue weighted by Crippen LogP contribution is -2.36. The molecular formula is C52H59BrN2O12S2. The van der Waals surface area contributed by atoms with Crippen molar-refractivity contribution >= 4 is 92.8 Å². The molecule has 17 heteroatoms. The average Bonchev–Trinajstić information content (AvgIpc) is 3.33. The highest BCUT2D eigenvalue weighted by Gasteiger charge is 2.29. The number of hydrogen-bond acceptors (Lipinski definition) is 12. The summed E-state index contributed by atoms with van der Waals surface area (Å²) in [5.74, 6) is -1.38. The number of anilines is 2. The van der Waals surface area contributed by atoms with Crippen molar-refractivity contribution in [1.82, 2.24) is 0 Å². The van der Waals surface area contributed by atoms with E-state index in [0.717, 1.165) is 42.7 Å². The van der Waals surface area contributed by atoms with Gasteiger partial charge in [-0.3, -0.25) is 28.2 Å². The van der Waals surface area contributed by atoms with Gasteiger partial charge < -0.3 is 18.9 Å². The number of nitrogens with zero attached hydrogens (tertiary/aromatic N) is 1. The fraction of sp³-hybridized carbons (Fsp3) is 0.308. The van der Waals surface area contributed by atoms with E-state index in [1.165, 1.54) is 12.1 Å². The minimum absolute atomic E-state index is 0.0814. The van der Waals surface area contributed by atoms with Crippen molar-refractivity contribution in [3.8, 4) is 0 Å². The lowest BCUT2D eigenvalue weighted by atomic mass is 9.99. The Balaban J connectivity index is 0.000000267. The summed E-state index contributed by atoms with van der Waals surface area (Å²) in [7, 11) is -7.75. The quantitative estimate of drug-likeness (QED) is 0.0460. The van der Waals surface area contributed by atoms with Crippen LogP contribution in [0.1, 0.15) is 62.8 Å². The van der Waals surface area contributed by atoms with E-state index in [1.807, 2.05) is 62.4 Å². The number of alkyl halides is 1. The number of halogens is 1. The Morgan fingerprint density at radius 3 is 1.41 bits per heavy atom. The van der Waals surface area contributed by atoms with Gasteiger partial charge in [0, 0.05) is 23.6 Å². The monoisotopic (exact) mass is 1050 g/mol. The van der Waals surface area contributed by atoms with Gasteiger partial charge in [0.2, 0.25) is 0 Å². The van der Waals surface area contributed by atoms with Gasteiger partial charge in [-0.15, -0.1) is 0 Å². The number of carbonyl (C=O) groups excluding carboxylic acids is 4. The van der Waals surface area contributed by atoms with Crippen molar-refractivity contribution in [2.24, 2.45) is 0 Å². The van der Waals surface area contributed by atoms with E-state index in [9.17, 15) is 36.0 Å². The molecule has 0 bridgehead atoms. The number of rotatable bonds is 19. The fourth-order valence-corrected chi connectivity index (χ4v) is 9.64. The lowest BCUT2D eigenvalue weighted by Gasteiger charge is -2.25. The summed E-state index contributed by atoms with van der Waals surface area (Å²) in [6.45, 7) is 11.6. The van der Waals surface area contributed by atoms with E-state index in [2.05, 4.69) is 25.4 Å². The second-order valence-electron chi connectivity index (χ2n) is 15.2. The molecule has 0 fully saturated rings. The SMILES string of the molecule is CCOC(=O)CBr.CCOC(=O)CCc1ccc(N(CC(=O)OCC)S(=O)(=O)c2ccc(C)cc2)c2ccccc12.CCOC(=O)CCc1ccc(NS(=O)(=O)c2ccc(C)cc2)c2ccccc12. The summed E-state index contributed by atoms with van der Waals surface area (Å²) >= 11 is 2.94. The number of fused-ring (bicyclic) bond motifs is 2. The third-order valence-corrected chi connectivity index (χ3v) is 13.9. The third-order valence-electron chi connectivity index (χ3n) is 10.3. The van der Waals surface area contributed by atoms with Gasteiger partial charge in [-0.1, -0.05) is 112 Å². The second-order valence-corrected chi connectivity index (χ2v) is 19.3. The van der Waals surface area contributed by atoms with Gasteiger partial charge in [0.1, 0.15) is 11.9 Å². The van der Waals surface area contributed by atoms with Gasteiger partial charge in [0.15, 0.2) is 0 Å². The van der Waals surface area contributed by atoms with Crippen molar-refractivity contribution < 1.29 is 55.0 Å². The highest BCUT2D eigenvalue weighted by molar-refractivity contribution is 9.09. The van der Waals surface area contributed by atoms with Crippen molar-refractivity contribution in [3.05, 3.63) is 144 Å².